The first-order valence-electron chi connectivity index (χ1n) is 7.30. The zero-order valence-corrected chi connectivity index (χ0v) is 14.1. The van der Waals surface area contributed by atoms with Crippen LogP contribution in [0.2, 0.25) is 0 Å². The number of hydrogen-bond donors (Lipinski definition) is 1. The maximum Gasteiger partial charge on any atom is 0.218 e. The third kappa shape index (κ3) is 5.74. The van der Waals surface area contributed by atoms with Crippen LogP contribution in [0.5, 0.6) is 0 Å². The molecule has 1 rings (SSSR count). The summed E-state index contributed by atoms with van der Waals surface area (Å²) < 4.78 is 26.9. The van der Waals surface area contributed by atoms with Gasteiger partial charge in [0.1, 0.15) is 0 Å². The largest absolute Gasteiger partial charge is 0.326 e. The van der Waals surface area contributed by atoms with Gasteiger partial charge in [-0.25, -0.2) is 12.7 Å². The summed E-state index contributed by atoms with van der Waals surface area (Å²) in [6.07, 6.45) is 0.811. The van der Waals surface area contributed by atoms with Gasteiger partial charge < -0.3 is 10.6 Å². The van der Waals surface area contributed by atoms with E-state index in [0.29, 0.717) is 19.6 Å². The molecular formula is C15H27N3O2S. The molecule has 0 aliphatic carbocycles. The predicted octanol–water partition coefficient (Wildman–Crippen LogP) is 1.25. The van der Waals surface area contributed by atoms with Crippen LogP contribution < -0.4 is 5.73 Å². The number of sulfonamides is 1. The molecule has 0 atom stereocenters. The number of benzene rings is 1. The predicted molar refractivity (Wildman–Crippen MR) is 87.4 cm³/mol. The SMILES string of the molecule is CCCN(CCN(C)C)S(=O)(=O)Cc1ccccc1CN. The van der Waals surface area contributed by atoms with Crippen LogP contribution in [-0.2, 0) is 22.3 Å². The fourth-order valence-corrected chi connectivity index (χ4v) is 3.81. The third-order valence-corrected chi connectivity index (χ3v) is 5.17. The fourth-order valence-electron chi connectivity index (χ4n) is 2.14. The Labute approximate surface area is 128 Å². The summed E-state index contributed by atoms with van der Waals surface area (Å²) in [5.41, 5.74) is 7.38. The molecular weight excluding hydrogens is 286 g/mol. The van der Waals surface area contributed by atoms with Crippen LogP contribution in [-0.4, -0.2) is 51.4 Å². The zero-order valence-electron chi connectivity index (χ0n) is 13.2. The Hall–Kier alpha value is -0.950. The topological polar surface area (TPSA) is 66.6 Å². The van der Waals surface area contributed by atoms with Crippen molar-refractivity contribution in [3.8, 4) is 0 Å². The van der Waals surface area contributed by atoms with E-state index in [-0.39, 0.29) is 5.75 Å². The Bertz CT molecular complexity index is 529. The van der Waals surface area contributed by atoms with Gasteiger partial charge in [0.25, 0.3) is 0 Å². The fraction of sp³-hybridized carbons (Fsp3) is 0.600. The molecule has 0 saturated carbocycles. The first-order valence-corrected chi connectivity index (χ1v) is 8.91. The molecule has 0 fully saturated rings. The van der Waals surface area contributed by atoms with Crippen molar-refractivity contribution in [1.82, 2.24) is 9.21 Å². The van der Waals surface area contributed by atoms with E-state index in [2.05, 4.69) is 0 Å². The van der Waals surface area contributed by atoms with Gasteiger partial charge in [0, 0.05) is 26.2 Å². The Balaban J connectivity index is 2.90. The molecule has 21 heavy (non-hydrogen) atoms. The van der Waals surface area contributed by atoms with Gasteiger partial charge in [-0.3, -0.25) is 0 Å². The highest BCUT2D eigenvalue weighted by atomic mass is 32.2. The summed E-state index contributed by atoms with van der Waals surface area (Å²) >= 11 is 0. The van der Waals surface area contributed by atoms with Crippen molar-refractivity contribution in [2.75, 3.05) is 33.7 Å². The van der Waals surface area contributed by atoms with Gasteiger partial charge in [-0.05, 0) is 31.6 Å². The molecule has 0 heterocycles. The molecule has 0 spiro atoms. The van der Waals surface area contributed by atoms with E-state index in [1.54, 1.807) is 4.31 Å². The smallest absolute Gasteiger partial charge is 0.218 e. The van der Waals surface area contributed by atoms with Crippen molar-refractivity contribution in [2.45, 2.75) is 25.6 Å². The van der Waals surface area contributed by atoms with Crippen LogP contribution >= 0.6 is 0 Å². The van der Waals surface area contributed by atoms with Crippen molar-refractivity contribution < 1.29 is 8.42 Å². The molecule has 0 unspecified atom stereocenters. The van der Waals surface area contributed by atoms with Gasteiger partial charge in [0.15, 0.2) is 0 Å². The average Bonchev–Trinajstić information content (AvgIpc) is 2.43. The molecule has 120 valence electrons. The molecule has 0 aliphatic heterocycles. The minimum absolute atomic E-state index is 0.0216. The Kier molecular flexibility index (Phi) is 7.31. The van der Waals surface area contributed by atoms with Gasteiger partial charge in [0.2, 0.25) is 10.0 Å². The van der Waals surface area contributed by atoms with Crippen LogP contribution in [0.1, 0.15) is 24.5 Å². The highest BCUT2D eigenvalue weighted by Crippen LogP contribution is 2.15. The van der Waals surface area contributed by atoms with Crippen molar-refractivity contribution in [1.29, 1.82) is 0 Å². The highest BCUT2D eigenvalue weighted by molar-refractivity contribution is 7.88. The second-order valence-electron chi connectivity index (χ2n) is 5.43. The lowest BCUT2D eigenvalue weighted by atomic mass is 10.1. The van der Waals surface area contributed by atoms with Crippen molar-refractivity contribution >= 4 is 10.0 Å². The maximum absolute atomic E-state index is 12.6. The summed E-state index contributed by atoms with van der Waals surface area (Å²) in [5, 5.41) is 0. The summed E-state index contributed by atoms with van der Waals surface area (Å²) in [6.45, 7) is 4.15. The molecule has 0 aliphatic rings. The Morgan fingerprint density at radius 3 is 2.19 bits per heavy atom. The lowest BCUT2D eigenvalue weighted by Crippen LogP contribution is -2.38. The molecule has 0 amide bonds. The van der Waals surface area contributed by atoms with Crippen LogP contribution in [0.3, 0.4) is 0 Å². The van der Waals surface area contributed by atoms with E-state index in [9.17, 15) is 8.42 Å². The molecule has 0 radical (unpaired) electrons. The number of likely N-dealkylation sites (N-methyl/N-ethyl adjacent to an activating group) is 1. The summed E-state index contributed by atoms with van der Waals surface area (Å²) in [5.74, 6) is 0.0216. The van der Waals surface area contributed by atoms with E-state index >= 15 is 0 Å². The highest BCUT2D eigenvalue weighted by Gasteiger charge is 2.22. The zero-order chi connectivity index (χ0) is 15.9. The van der Waals surface area contributed by atoms with E-state index in [4.69, 9.17) is 5.73 Å². The molecule has 6 heteroatoms. The lowest BCUT2D eigenvalue weighted by molar-refractivity contribution is 0.332. The molecule has 1 aromatic carbocycles. The normalized spacial score (nSPS) is 12.3. The van der Waals surface area contributed by atoms with E-state index in [1.807, 2.05) is 50.2 Å². The third-order valence-electron chi connectivity index (χ3n) is 3.34. The minimum Gasteiger partial charge on any atom is -0.326 e. The molecule has 0 bridgehead atoms. The second kappa shape index (κ2) is 8.48. The second-order valence-corrected chi connectivity index (χ2v) is 7.40. The van der Waals surface area contributed by atoms with Crippen molar-refractivity contribution in [3.05, 3.63) is 35.4 Å². The van der Waals surface area contributed by atoms with Crippen LogP contribution in [0, 0.1) is 0 Å². The van der Waals surface area contributed by atoms with Gasteiger partial charge in [-0.2, -0.15) is 0 Å². The molecule has 5 nitrogen and oxygen atoms in total. The Morgan fingerprint density at radius 2 is 1.67 bits per heavy atom. The molecule has 0 aromatic heterocycles. The van der Waals surface area contributed by atoms with Crippen molar-refractivity contribution in [3.63, 3.8) is 0 Å². The summed E-state index contributed by atoms with van der Waals surface area (Å²) in [6, 6.07) is 7.47. The molecule has 1 aromatic rings. The first-order chi connectivity index (χ1) is 9.90. The van der Waals surface area contributed by atoms with E-state index < -0.39 is 10.0 Å². The average molecular weight is 313 g/mol. The number of hydrogen-bond acceptors (Lipinski definition) is 4. The summed E-state index contributed by atoms with van der Waals surface area (Å²) in [7, 11) is 0.575. The van der Waals surface area contributed by atoms with Crippen LogP contribution in [0.4, 0.5) is 0 Å². The minimum atomic E-state index is -3.31. The number of nitrogens with two attached hydrogens (primary N) is 1. The standard InChI is InChI=1S/C15H27N3O2S/c1-4-9-18(11-10-17(2)3)21(19,20)13-15-8-6-5-7-14(15)12-16/h5-8H,4,9-13,16H2,1-3H3. The monoisotopic (exact) mass is 313 g/mol. The van der Waals surface area contributed by atoms with Gasteiger partial charge in [-0.1, -0.05) is 31.2 Å². The van der Waals surface area contributed by atoms with Gasteiger partial charge >= 0.3 is 0 Å². The summed E-state index contributed by atoms with van der Waals surface area (Å²) in [4.78, 5) is 1.99. The first kappa shape index (κ1) is 18.1. The lowest BCUT2D eigenvalue weighted by Gasteiger charge is -2.24. The van der Waals surface area contributed by atoms with E-state index in [0.717, 1.165) is 24.1 Å². The Morgan fingerprint density at radius 1 is 1.05 bits per heavy atom. The quantitative estimate of drug-likeness (QED) is 0.745. The van der Waals surface area contributed by atoms with Crippen LogP contribution in [0.25, 0.3) is 0 Å². The maximum atomic E-state index is 12.6. The molecule has 0 saturated heterocycles. The molecule has 2 N–H and O–H groups in total. The van der Waals surface area contributed by atoms with E-state index in [1.165, 1.54) is 0 Å². The van der Waals surface area contributed by atoms with Gasteiger partial charge in [0.05, 0.1) is 5.75 Å². The van der Waals surface area contributed by atoms with Crippen LogP contribution in [0.15, 0.2) is 24.3 Å². The number of nitrogens with zero attached hydrogens (tertiary/aromatic N) is 2. The van der Waals surface area contributed by atoms with Crippen molar-refractivity contribution in [2.24, 2.45) is 5.73 Å². The number of rotatable bonds is 9. The van der Waals surface area contributed by atoms with Gasteiger partial charge in [-0.15, -0.1) is 0 Å².